The Labute approximate surface area is 81.1 Å². The van der Waals surface area contributed by atoms with Gasteiger partial charge in [-0.25, -0.2) is 4.79 Å². The molecule has 3 nitrogen and oxygen atoms in total. The molecule has 0 saturated carbocycles. The van der Waals surface area contributed by atoms with E-state index in [1.54, 1.807) is 0 Å². The number of rotatable bonds is 1. The summed E-state index contributed by atoms with van der Waals surface area (Å²) in [5.74, 6) is 0. The van der Waals surface area contributed by atoms with E-state index in [2.05, 4.69) is 10.6 Å². The number of amides is 2. The van der Waals surface area contributed by atoms with Crippen molar-refractivity contribution in [3.05, 3.63) is 34.9 Å². The molecule has 1 aromatic rings. The fourth-order valence-electron chi connectivity index (χ4n) is 1.38. The van der Waals surface area contributed by atoms with E-state index in [9.17, 15) is 4.79 Å². The molecule has 2 N–H and O–H groups in total. The highest BCUT2D eigenvalue weighted by molar-refractivity contribution is 6.30. The largest absolute Gasteiger partial charge is 0.336 e. The lowest BCUT2D eigenvalue weighted by Gasteiger charge is -2.08. The van der Waals surface area contributed by atoms with Gasteiger partial charge in [-0.2, -0.15) is 0 Å². The van der Waals surface area contributed by atoms with Crippen molar-refractivity contribution in [1.29, 1.82) is 0 Å². The zero-order valence-corrected chi connectivity index (χ0v) is 7.64. The molecule has 1 unspecified atom stereocenters. The van der Waals surface area contributed by atoms with Crippen LogP contribution in [-0.4, -0.2) is 12.6 Å². The van der Waals surface area contributed by atoms with Crippen molar-refractivity contribution in [2.75, 3.05) is 6.54 Å². The third-order valence-corrected chi connectivity index (χ3v) is 2.26. The average molecular weight is 197 g/mol. The molecule has 0 aromatic heterocycles. The summed E-state index contributed by atoms with van der Waals surface area (Å²) < 4.78 is 0. The molecule has 1 fully saturated rings. The van der Waals surface area contributed by atoms with Gasteiger partial charge in [-0.3, -0.25) is 0 Å². The molecule has 1 atom stereocenters. The lowest BCUT2D eigenvalue weighted by molar-refractivity contribution is 0.247. The minimum absolute atomic E-state index is 0.0474. The second kappa shape index (κ2) is 3.26. The smallest absolute Gasteiger partial charge is 0.315 e. The highest BCUT2D eigenvalue weighted by Gasteiger charge is 2.21. The van der Waals surface area contributed by atoms with Crippen LogP contribution in [-0.2, 0) is 0 Å². The van der Waals surface area contributed by atoms with Gasteiger partial charge in [0.15, 0.2) is 0 Å². The summed E-state index contributed by atoms with van der Waals surface area (Å²) in [5.41, 5.74) is 1.03. The van der Waals surface area contributed by atoms with Crippen LogP contribution in [0.25, 0.3) is 0 Å². The quantitative estimate of drug-likeness (QED) is 0.705. The Bertz CT molecular complexity index is 340. The van der Waals surface area contributed by atoms with Gasteiger partial charge in [0.2, 0.25) is 0 Å². The molecule has 2 amide bonds. The van der Waals surface area contributed by atoms with Crippen LogP contribution < -0.4 is 10.6 Å². The van der Waals surface area contributed by atoms with Gasteiger partial charge in [0.05, 0.1) is 6.04 Å². The molecule has 1 aliphatic heterocycles. The summed E-state index contributed by atoms with van der Waals surface area (Å²) in [6.07, 6.45) is 0. The van der Waals surface area contributed by atoms with E-state index < -0.39 is 0 Å². The molecule has 0 bridgehead atoms. The number of hydrogen-bond acceptors (Lipinski definition) is 1. The normalized spacial score (nSPS) is 21.0. The van der Waals surface area contributed by atoms with Crippen LogP contribution in [0.2, 0.25) is 5.02 Å². The second-order valence-corrected chi connectivity index (χ2v) is 3.40. The van der Waals surface area contributed by atoms with E-state index in [0.717, 1.165) is 5.56 Å². The van der Waals surface area contributed by atoms with E-state index >= 15 is 0 Å². The zero-order valence-electron chi connectivity index (χ0n) is 6.88. The van der Waals surface area contributed by atoms with Gasteiger partial charge in [-0.15, -0.1) is 0 Å². The Morgan fingerprint density at radius 2 is 2.31 bits per heavy atom. The summed E-state index contributed by atoms with van der Waals surface area (Å²) >= 11 is 5.83. The number of benzene rings is 1. The third kappa shape index (κ3) is 1.75. The molecular formula is C9H9ClN2O. The minimum Gasteiger partial charge on any atom is -0.336 e. The van der Waals surface area contributed by atoms with Crippen molar-refractivity contribution in [2.45, 2.75) is 6.04 Å². The molecule has 68 valence electrons. The SMILES string of the molecule is O=C1NCC(c2cccc(Cl)c2)N1. The molecule has 0 aliphatic carbocycles. The average Bonchev–Trinajstić information content (AvgIpc) is 2.52. The molecule has 0 spiro atoms. The van der Waals surface area contributed by atoms with Crippen molar-refractivity contribution in [3.8, 4) is 0 Å². The Morgan fingerprint density at radius 1 is 1.46 bits per heavy atom. The Morgan fingerprint density at radius 3 is 2.92 bits per heavy atom. The third-order valence-electron chi connectivity index (χ3n) is 2.02. The molecule has 2 rings (SSSR count). The van der Waals surface area contributed by atoms with E-state index in [1.807, 2.05) is 24.3 Å². The summed E-state index contributed by atoms with van der Waals surface area (Å²) in [4.78, 5) is 10.9. The van der Waals surface area contributed by atoms with E-state index in [1.165, 1.54) is 0 Å². The van der Waals surface area contributed by atoms with Crippen LogP contribution in [0.1, 0.15) is 11.6 Å². The minimum atomic E-state index is -0.120. The fraction of sp³-hybridized carbons (Fsp3) is 0.222. The maximum Gasteiger partial charge on any atom is 0.315 e. The highest BCUT2D eigenvalue weighted by atomic mass is 35.5. The van der Waals surface area contributed by atoms with Crippen LogP contribution in [0, 0.1) is 0 Å². The van der Waals surface area contributed by atoms with Crippen LogP contribution in [0.3, 0.4) is 0 Å². The van der Waals surface area contributed by atoms with Gasteiger partial charge in [0, 0.05) is 11.6 Å². The van der Waals surface area contributed by atoms with Crippen molar-refractivity contribution >= 4 is 17.6 Å². The van der Waals surface area contributed by atoms with Gasteiger partial charge in [0.1, 0.15) is 0 Å². The molecule has 1 heterocycles. The topological polar surface area (TPSA) is 41.1 Å². The summed E-state index contributed by atoms with van der Waals surface area (Å²) in [5, 5.41) is 6.18. The molecule has 1 aromatic carbocycles. The van der Waals surface area contributed by atoms with Crippen LogP contribution in [0.5, 0.6) is 0 Å². The second-order valence-electron chi connectivity index (χ2n) is 2.96. The van der Waals surface area contributed by atoms with Crippen LogP contribution >= 0.6 is 11.6 Å². The standard InChI is InChI=1S/C9H9ClN2O/c10-7-3-1-2-6(4-7)8-5-11-9(13)12-8/h1-4,8H,5H2,(H2,11,12,13). The molecule has 4 heteroatoms. The van der Waals surface area contributed by atoms with E-state index in [-0.39, 0.29) is 12.1 Å². The van der Waals surface area contributed by atoms with Crippen LogP contribution in [0.4, 0.5) is 4.79 Å². The summed E-state index contributed by atoms with van der Waals surface area (Å²) in [7, 11) is 0. The predicted molar refractivity (Wildman–Crippen MR) is 50.7 cm³/mol. The van der Waals surface area contributed by atoms with Gasteiger partial charge >= 0.3 is 6.03 Å². The maximum absolute atomic E-state index is 10.9. The van der Waals surface area contributed by atoms with Gasteiger partial charge < -0.3 is 10.6 Å². The van der Waals surface area contributed by atoms with Crippen molar-refractivity contribution < 1.29 is 4.79 Å². The Balaban J connectivity index is 2.21. The first-order valence-electron chi connectivity index (χ1n) is 4.05. The molecule has 1 saturated heterocycles. The first-order chi connectivity index (χ1) is 6.25. The summed E-state index contributed by atoms with van der Waals surface area (Å²) in [6, 6.07) is 7.43. The Kier molecular flexibility index (Phi) is 2.10. The van der Waals surface area contributed by atoms with Crippen molar-refractivity contribution in [2.24, 2.45) is 0 Å². The zero-order chi connectivity index (χ0) is 9.26. The van der Waals surface area contributed by atoms with Gasteiger partial charge in [0.25, 0.3) is 0 Å². The molecule has 0 radical (unpaired) electrons. The maximum atomic E-state index is 10.9. The van der Waals surface area contributed by atoms with Crippen molar-refractivity contribution in [1.82, 2.24) is 10.6 Å². The fourth-order valence-corrected chi connectivity index (χ4v) is 1.58. The Hall–Kier alpha value is -1.22. The monoisotopic (exact) mass is 196 g/mol. The lowest BCUT2D eigenvalue weighted by Crippen LogP contribution is -2.21. The molecule has 13 heavy (non-hydrogen) atoms. The first kappa shape index (κ1) is 8.38. The number of halogens is 1. The number of carbonyl (C=O) groups excluding carboxylic acids is 1. The number of nitrogens with one attached hydrogen (secondary N) is 2. The lowest BCUT2D eigenvalue weighted by atomic mass is 10.1. The first-order valence-corrected chi connectivity index (χ1v) is 4.43. The molecular weight excluding hydrogens is 188 g/mol. The number of carbonyl (C=O) groups is 1. The van der Waals surface area contributed by atoms with Gasteiger partial charge in [-0.05, 0) is 17.7 Å². The predicted octanol–water partition coefficient (Wildman–Crippen LogP) is 1.69. The van der Waals surface area contributed by atoms with Crippen molar-refractivity contribution in [3.63, 3.8) is 0 Å². The number of urea groups is 1. The van der Waals surface area contributed by atoms with Gasteiger partial charge in [-0.1, -0.05) is 23.7 Å². The molecule has 1 aliphatic rings. The summed E-state index contributed by atoms with van der Waals surface area (Å²) in [6.45, 7) is 0.624. The van der Waals surface area contributed by atoms with Crippen LogP contribution in [0.15, 0.2) is 24.3 Å². The highest BCUT2D eigenvalue weighted by Crippen LogP contribution is 2.18. The number of hydrogen-bond donors (Lipinski definition) is 2. The van der Waals surface area contributed by atoms with E-state index in [4.69, 9.17) is 11.6 Å². The van der Waals surface area contributed by atoms with E-state index in [0.29, 0.717) is 11.6 Å².